The quantitative estimate of drug-likeness (QED) is 0.171. The van der Waals surface area contributed by atoms with Gasteiger partial charge in [0.1, 0.15) is 0 Å². The number of carboxylic acids is 1. The fourth-order valence-corrected chi connectivity index (χ4v) is 11.4. The minimum atomic E-state index is -0.805. The number of aliphatic carboxylic acids is 1. The van der Waals surface area contributed by atoms with E-state index in [2.05, 4.69) is 51.3 Å². The van der Waals surface area contributed by atoms with E-state index in [1.807, 2.05) is 77.0 Å². The van der Waals surface area contributed by atoms with Crippen molar-refractivity contribution >= 4 is 45.6 Å². The number of hydrogen-bond donors (Lipinski definition) is 1. The molecule has 4 aromatic rings. The number of aromatic nitrogens is 2. The Balaban J connectivity index is 0.000000172. The van der Waals surface area contributed by atoms with Crippen molar-refractivity contribution < 1.29 is 29.0 Å². The summed E-state index contributed by atoms with van der Waals surface area (Å²) in [6.45, 7) is 18.9. The Hall–Kier alpha value is -4.60. The van der Waals surface area contributed by atoms with Crippen molar-refractivity contribution in [2.75, 3.05) is 19.7 Å². The lowest BCUT2D eigenvalue weighted by molar-refractivity contribution is -0.143. The number of carboxylic acid groups (broad SMARTS) is 1. The molecule has 10 heteroatoms. The summed E-state index contributed by atoms with van der Waals surface area (Å²) in [7, 11) is 0. The number of amides is 2. The van der Waals surface area contributed by atoms with E-state index in [0.717, 1.165) is 71.7 Å². The number of aryl methyl sites for hydroxylation is 2. The predicted molar refractivity (Wildman–Crippen MR) is 219 cm³/mol. The van der Waals surface area contributed by atoms with Crippen molar-refractivity contribution in [3.8, 4) is 0 Å². The zero-order valence-corrected chi connectivity index (χ0v) is 34.4. The number of esters is 1. The molecule has 300 valence electrons. The fourth-order valence-electron chi connectivity index (χ4n) is 11.4. The number of rotatable bonds is 9. The van der Waals surface area contributed by atoms with Crippen molar-refractivity contribution in [2.45, 2.75) is 125 Å². The second-order valence-corrected chi connectivity index (χ2v) is 19.6. The maximum atomic E-state index is 13.3. The number of hydrogen-bond acceptors (Lipinski definition) is 5. The first kappa shape index (κ1) is 39.6. The summed E-state index contributed by atoms with van der Waals surface area (Å²) in [5, 5.41) is 10.9. The van der Waals surface area contributed by atoms with Gasteiger partial charge < -0.3 is 28.8 Å². The van der Waals surface area contributed by atoms with Gasteiger partial charge in [-0.1, -0.05) is 41.5 Å². The Morgan fingerprint density at radius 1 is 0.661 bits per heavy atom. The Labute approximate surface area is 331 Å². The third-order valence-corrected chi connectivity index (χ3v) is 12.8. The van der Waals surface area contributed by atoms with Gasteiger partial charge in [-0.05, 0) is 116 Å². The molecule has 10 nitrogen and oxygen atoms in total. The van der Waals surface area contributed by atoms with Crippen LogP contribution in [0.15, 0.2) is 60.9 Å². The molecule has 0 radical (unpaired) electrons. The molecule has 8 rings (SSSR count). The lowest BCUT2D eigenvalue weighted by Crippen LogP contribution is -2.37. The second kappa shape index (κ2) is 14.7. The topological polar surface area (TPSA) is 114 Å². The van der Waals surface area contributed by atoms with Gasteiger partial charge in [0, 0.05) is 83.6 Å². The molecule has 4 unspecified atom stereocenters. The molecular formula is C46H60N4O6. The highest BCUT2D eigenvalue weighted by Crippen LogP contribution is 2.54. The van der Waals surface area contributed by atoms with Gasteiger partial charge in [-0.2, -0.15) is 0 Å². The summed E-state index contributed by atoms with van der Waals surface area (Å²) in [5.41, 5.74) is 4.56. The van der Waals surface area contributed by atoms with Gasteiger partial charge in [0.15, 0.2) is 0 Å². The van der Waals surface area contributed by atoms with Gasteiger partial charge in [-0.15, -0.1) is 0 Å². The van der Waals surface area contributed by atoms with Crippen LogP contribution in [0.25, 0.3) is 21.8 Å². The first-order valence-corrected chi connectivity index (χ1v) is 20.5. The van der Waals surface area contributed by atoms with Gasteiger partial charge in [-0.25, -0.2) is 0 Å². The average Bonchev–Trinajstić information content (AvgIpc) is 3.84. The Bertz CT molecular complexity index is 2160. The minimum absolute atomic E-state index is 0.0916. The van der Waals surface area contributed by atoms with E-state index in [4.69, 9.17) is 9.84 Å². The minimum Gasteiger partial charge on any atom is -0.481 e. The first-order valence-electron chi connectivity index (χ1n) is 20.5. The molecule has 2 aromatic carbocycles. The summed E-state index contributed by atoms with van der Waals surface area (Å²) in [4.78, 5) is 53.3. The van der Waals surface area contributed by atoms with Crippen molar-refractivity contribution in [1.82, 2.24) is 18.9 Å². The Morgan fingerprint density at radius 2 is 1.11 bits per heavy atom. The van der Waals surface area contributed by atoms with Crippen molar-refractivity contribution in [1.29, 1.82) is 0 Å². The summed E-state index contributed by atoms with van der Waals surface area (Å²) in [5.74, 6) is -0.711. The molecular weight excluding hydrogens is 705 g/mol. The van der Waals surface area contributed by atoms with E-state index in [9.17, 15) is 19.2 Å². The highest BCUT2D eigenvalue weighted by Gasteiger charge is 2.52. The molecule has 2 amide bonds. The van der Waals surface area contributed by atoms with Crippen molar-refractivity contribution in [2.24, 2.45) is 21.7 Å². The summed E-state index contributed by atoms with van der Waals surface area (Å²) in [6, 6.07) is 16.4. The average molecular weight is 765 g/mol. The number of nitrogens with zero attached hydrogens (tertiary/aromatic N) is 4. The smallest absolute Gasteiger partial charge is 0.307 e. The molecule has 4 atom stereocenters. The van der Waals surface area contributed by atoms with E-state index in [1.165, 1.54) is 12.8 Å². The molecule has 56 heavy (non-hydrogen) atoms. The van der Waals surface area contributed by atoms with Crippen LogP contribution in [0.5, 0.6) is 0 Å². The predicted octanol–water partition coefficient (Wildman–Crippen LogP) is 8.79. The van der Waals surface area contributed by atoms with Crippen molar-refractivity contribution in [3.63, 3.8) is 0 Å². The van der Waals surface area contributed by atoms with Crippen LogP contribution in [0.3, 0.4) is 0 Å². The van der Waals surface area contributed by atoms with Gasteiger partial charge >= 0.3 is 11.9 Å². The molecule has 2 aromatic heterocycles. The third-order valence-electron chi connectivity index (χ3n) is 12.8. The van der Waals surface area contributed by atoms with Crippen LogP contribution < -0.4 is 0 Å². The van der Waals surface area contributed by atoms with E-state index >= 15 is 0 Å². The van der Waals surface area contributed by atoms with Crippen LogP contribution in [0.4, 0.5) is 0 Å². The zero-order chi connectivity index (χ0) is 40.2. The van der Waals surface area contributed by atoms with E-state index in [-0.39, 0.29) is 40.4 Å². The van der Waals surface area contributed by atoms with E-state index in [1.54, 1.807) is 0 Å². The fraction of sp³-hybridized carbons (Fsp3) is 0.565. The maximum absolute atomic E-state index is 13.3. The van der Waals surface area contributed by atoms with Crippen LogP contribution in [0.2, 0.25) is 0 Å². The number of likely N-dealkylation sites (tertiary alicyclic amines) is 2. The lowest BCUT2D eigenvalue weighted by atomic mass is 9.65. The van der Waals surface area contributed by atoms with Crippen LogP contribution >= 0.6 is 0 Å². The van der Waals surface area contributed by atoms with Gasteiger partial charge in [0.2, 0.25) is 0 Å². The lowest BCUT2D eigenvalue weighted by Gasteiger charge is -2.39. The SMILES string of the molecule is CC1(C)CC2CC(C)(CN2C(=O)c2ccc3c(ccn3CCC(=O)O)c2)C1.CCOC(=O)CCn1ccc2cc(C(=O)N3CC4(C)CC3CC(C)(C)C4)ccc21. The number of benzene rings is 2. The number of fused-ring (bicyclic) bond motifs is 6. The highest BCUT2D eigenvalue weighted by atomic mass is 16.5. The van der Waals surface area contributed by atoms with Crippen LogP contribution in [-0.4, -0.2) is 79.6 Å². The molecule has 4 aliphatic rings. The van der Waals surface area contributed by atoms with Crippen LogP contribution in [0, 0.1) is 21.7 Å². The van der Waals surface area contributed by atoms with Crippen molar-refractivity contribution in [3.05, 3.63) is 72.1 Å². The third kappa shape index (κ3) is 8.25. The highest BCUT2D eigenvalue weighted by molar-refractivity contribution is 5.99. The van der Waals surface area contributed by atoms with Crippen LogP contribution in [0.1, 0.15) is 121 Å². The number of carbonyl (C=O) groups is 4. The maximum Gasteiger partial charge on any atom is 0.307 e. The van der Waals surface area contributed by atoms with Gasteiger partial charge in [-0.3, -0.25) is 19.2 Å². The molecule has 4 fully saturated rings. The Morgan fingerprint density at radius 3 is 1.54 bits per heavy atom. The second-order valence-electron chi connectivity index (χ2n) is 19.6. The molecule has 1 N–H and O–H groups in total. The van der Waals surface area contributed by atoms with Crippen LogP contribution in [-0.2, 0) is 27.4 Å². The summed E-state index contributed by atoms with van der Waals surface area (Å²) >= 11 is 0. The summed E-state index contributed by atoms with van der Waals surface area (Å²) in [6.07, 6.45) is 11.1. The molecule has 2 saturated carbocycles. The Kier molecular flexibility index (Phi) is 10.4. The van der Waals surface area contributed by atoms with Gasteiger partial charge in [0.25, 0.3) is 11.8 Å². The molecule has 2 saturated heterocycles. The zero-order valence-electron chi connectivity index (χ0n) is 34.4. The normalized spacial score (nSPS) is 25.9. The molecule has 2 aliphatic carbocycles. The molecule has 4 heterocycles. The largest absolute Gasteiger partial charge is 0.481 e. The monoisotopic (exact) mass is 764 g/mol. The number of ether oxygens (including phenoxy) is 1. The van der Waals surface area contributed by atoms with E-state index < -0.39 is 5.97 Å². The standard InChI is InChI=1S/C24H32N2O3.C22H28N2O3/c1-5-29-21(27)9-11-25-10-8-17-12-18(6-7-20(17)25)22(28)26-16-24(4)14-19(26)13-23(2,3)15-24;1-21(2)11-17-12-22(3,13-21)14-24(17)20(27)16-4-5-18-15(10-16)6-8-23(18)9-7-19(25)26/h6-8,10,12,19H,5,9,11,13-16H2,1-4H3;4-6,8,10,17H,7,9,11-14H2,1-3H3,(H,25,26). The molecule has 4 bridgehead atoms. The van der Waals surface area contributed by atoms with Gasteiger partial charge in [0.05, 0.1) is 19.4 Å². The summed E-state index contributed by atoms with van der Waals surface area (Å²) < 4.78 is 9.00. The number of carbonyl (C=O) groups excluding carboxylic acids is 3. The van der Waals surface area contributed by atoms with E-state index in [0.29, 0.717) is 43.6 Å². The molecule has 2 aliphatic heterocycles. The molecule has 0 spiro atoms. The first-order chi connectivity index (χ1) is 26.4.